The summed E-state index contributed by atoms with van der Waals surface area (Å²) in [5, 5.41) is 10.6. The van der Waals surface area contributed by atoms with E-state index in [2.05, 4.69) is 20.8 Å². The maximum absolute atomic E-state index is 12.1. The van der Waals surface area contributed by atoms with Crippen molar-refractivity contribution in [2.24, 2.45) is 22.2 Å². The average Bonchev–Trinajstić information content (AvgIpc) is 3.13. The average molecular weight is 362 g/mol. The quantitative estimate of drug-likeness (QED) is 0.604. The Bertz CT molecular complexity index is 686. The van der Waals surface area contributed by atoms with Crippen LogP contribution in [0.15, 0.2) is 11.6 Å². The molecule has 0 aromatic carbocycles. The molecule has 3 fully saturated rings. The third-order valence-corrected chi connectivity index (χ3v) is 8.86. The van der Waals surface area contributed by atoms with E-state index in [9.17, 15) is 14.7 Å². The van der Waals surface area contributed by atoms with Crippen LogP contribution in [0.3, 0.4) is 0 Å². The number of aliphatic hydroxyl groups excluding tert-OH is 1. The van der Waals surface area contributed by atoms with E-state index in [1.807, 2.05) is 13.0 Å². The van der Waals surface area contributed by atoms with Gasteiger partial charge in [0.05, 0.1) is 28.8 Å². The Labute approximate surface area is 155 Å². The minimum absolute atomic E-state index is 0.112. The molecule has 0 radical (unpaired) electrons. The molecule has 2 heterocycles. The molecule has 2 saturated carbocycles. The topological polar surface area (TPSA) is 72.8 Å². The van der Waals surface area contributed by atoms with Crippen molar-refractivity contribution in [3.63, 3.8) is 0 Å². The number of carbonyl (C=O) groups excluding carboxylic acids is 2. The molecule has 1 unspecified atom stereocenters. The van der Waals surface area contributed by atoms with E-state index in [0.29, 0.717) is 18.6 Å². The zero-order chi connectivity index (χ0) is 19.0. The van der Waals surface area contributed by atoms with Crippen molar-refractivity contribution in [3.05, 3.63) is 11.6 Å². The van der Waals surface area contributed by atoms with Crippen LogP contribution in [0.1, 0.15) is 59.8 Å². The van der Waals surface area contributed by atoms with Crippen molar-refractivity contribution in [2.45, 2.75) is 77.6 Å². The van der Waals surface area contributed by atoms with Crippen LogP contribution in [0.2, 0.25) is 0 Å². The van der Waals surface area contributed by atoms with Crippen LogP contribution in [-0.2, 0) is 19.1 Å². The van der Waals surface area contributed by atoms with Crippen molar-refractivity contribution in [2.75, 3.05) is 6.61 Å². The molecule has 5 heteroatoms. The number of hydrogen-bond donors (Lipinski definition) is 1. The zero-order valence-corrected chi connectivity index (χ0v) is 16.2. The molecular formula is C21H30O5. The lowest BCUT2D eigenvalue weighted by atomic mass is 9.39. The normalized spacial score (nSPS) is 53.5. The largest absolute Gasteiger partial charge is 0.458 e. The van der Waals surface area contributed by atoms with Gasteiger partial charge in [0, 0.05) is 5.41 Å². The SMILES string of the molecule is CC12C[C@@H](C3=CCOC3=O)O[C@]1(C)CC[C@@H]1[C@](C)(C=O)[C@H](O)CC[C@]12C. The van der Waals surface area contributed by atoms with Crippen LogP contribution in [0, 0.1) is 22.2 Å². The molecule has 0 aromatic rings. The Morgan fingerprint density at radius 1 is 1.19 bits per heavy atom. The molecule has 2 aliphatic heterocycles. The van der Waals surface area contributed by atoms with E-state index in [4.69, 9.17) is 9.47 Å². The van der Waals surface area contributed by atoms with Gasteiger partial charge in [-0.1, -0.05) is 20.8 Å². The minimum Gasteiger partial charge on any atom is -0.458 e. The van der Waals surface area contributed by atoms with Crippen molar-refractivity contribution >= 4 is 12.3 Å². The summed E-state index contributed by atoms with van der Waals surface area (Å²) in [7, 11) is 0. The van der Waals surface area contributed by atoms with Crippen LogP contribution < -0.4 is 0 Å². The number of aldehydes is 1. The lowest BCUT2D eigenvalue weighted by Gasteiger charge is -2.65. The molecule has 1 saturated heterocycles. The maximum atomic E-state index is 12.1. The maximum Gasteiger partial charge on any atom is 0.336 e. The molecule has 2 aliphatic carbocycles. The molecule has 0 amide bonds. The molecule has 4 aliphatic rings. The number of hydrogen-bond acceptors (Lipinski definition) is 5. The van der Waals surface area contributed by atoms with Crippen molar-refractivity contribution in [1.82, 2.24) is 0 Å². The second kappa shape index (κ2) is 5.41. The second-order valence-corrected chi connectivity index (χ2v) is 9.68. The fourth-order valence-corrected chi connectivity index (χ4v) is 6.77. The first kappa shape index (κ1) is 18.2. The molecular weight excluding hydrogens is 332 g/mol. The predicted octanol–water partition coefficient (Wildman–Crippen LogP) is 2.80. The monoisotopic (exact) mass is 362 g/mol. The van der Waals surface area contributed by atoms with E-state index in [0.717, 1.165) is 32.0 Å². The number of esters is 1. The minimum atomic E-state index is -0.721. The fraction of sp³-hybridized carbons (Fsp3) is 0.810. The molecule has 7 atom stereocenters. The van der Waals surface area contributed by atoms with Gasteiger partial charge in [-0.05, 0) is 56.4 Å². The number of rotatable bonds is 2. The highest BCUT2D eigenvalue weighted by Gasteiger charge is 2.71. The molecule has 0 aromatic heterocycles. The van der Waals surface area contributed by atoms with Crippen molar-refractivity contribution < 1.29 is 24.2 Å². The Morgan fingerprint density at radius 2 is 1.92 bits per heavy atom. The first-order chi connectivity index (χ1) is 12.1. The van der Waals surface area contributed by atoms with Crippen LogP contribution in [0.25, 0.3) is 0 Å². The first-order valence-electron chi connectivity index (χ1n) is 9.81. The summed E-state index contributed by atoms with van der Waals surface area (Å²) < 4.78 is 11.6. The fourth-order valence-electron chi connectivity index (χ4n) is 6.77. The van der Waals surface area contributed by atoms with Gasteiger partial charge < -0.3 is 19.4 Å². The lowest BCUT2D eigenvalue weighted by Crippen LogP contribution is -2.65. The Balaban J connectivity index is 1.75. The van der Waals surface area contributed by atoms with Crippen LogP contribution in [0.4, 0.5) is 0 Å². The number of cyclic esters (lactones) is 1. The van der Waals surface area contributed by atoms with Crippen molar-refractivity contribution in [1.29, 1.82) is 0 Å². The van der Waals surface area contributed by atoms with Gasteiger partial charge in [-0.15, -0.1) is 0 Å². The highest BCUT2D eigenvalue weighted by molar-refractivity contribution is 5.91. The summed E-state index contributed by atoms with van der Waals surface area (Å²) >= 11 is 0. The van der Waals surface area contributed by atoms with E-state index in [1.165, 1.54) is 0 Å². The Morgan fingerprint density at radius 3 is 2.54 bits per heavy atom. The van der Waals surface area contributed by atoms with Gasteiger partial charge in [0.25, 0.3) is 0 Å². The van der Waals surface area contributed by atoms with E-state index >= 15 is 0 Å². The Hall–Kier alpha value is -1.20. The standard InChI is InChI=1S/C21H30O5/c1-18(12-22)15-5-9-21(4)20(3,19(15,2)8-6-16(18)23)11-14(26-21)13-7-10-25-17(13)24/h7,12,14-16,23H,5-6,8-11H2,1-4H3/t14-,15+,16+,18-,19+,20?,21+/m0/s1. The highest BCUT2D eigenvalue weighted by atomic mass is 16.5. The first-order valence-corrected chi connectivity index (χ1v) is 9.81. The number of fused-ring (bicyclic) bond motifs is 3. The van der Waals surface area contributed by atoms with Gasteiger partial charge in [-0.2, -0.15) is 0 Å². The molecule has 144 valence electrons. The summed E-state index contributed by atoms with van der Waals surface area (Å²) in [6.07, 6.45) is 5.93. The van der Waals surface area contributed by atoms with Crippen LogP contribution in [-0.4, -0.2) is 41.8 Å². The van der Waals surface area contributed by atoms with Crippen molar-refractivity contribution in [3.8, 4) is 0 Å². The van der Waals surface area contributed by atoms with Gasteiger partial charge in [-0.25, -0.2) is 4.79 Å². The third kappa shape index (κ3) is 1.99. The molecule has 0 spiro atoms. The molecule has 1 N–H and O–H groups in total. The molecule has 5 nitrogen and oxygen atoms in total. The van der Waals surface area contributed by atoms with Gasteiger partial charge >= 0.3 is 5.97 Å². The zero-order valence-electron chi connectivity index (χ0n) is 16.2. The third-order valence-electron chi connectivity index (χ3n) is 8.86. The number of ether oxygens (including phenoxy) is 2. The molecule has 0 bridgehead atoms. The summed E-state index contributed by atoms with van der Waals surface area (Å²) in [6.45, 7) is 8.96. The lowest BCUT2D eigenvalue weighted by molar-refractivity contribution is -0.219. The predicted molar refractivity (Wildman–Crippen MR) is 95.3 cm³/mol. The van der Waals surface area contributed by atoms with Gasteiger partial charge in [0.1, 0.15) is 12.9 Å². The summed E-state index contributed by atoms with van der Waals surface area (Å²) in [5.41, 5.74) is -0.732. The van der Waals surface area contributed by atoms with Gasteiger partial charge in [0.15, 0.2) is 0 Å². The van der Waals surface area contributed by atoms with Crippen LogP contribution in [0.5, 0.6) is 0 Å². The van der Waals surface area contributed by atoms with Crippen LogP contribution >= 0.6 is 0 Å². The van der Waals surface area contributed by atoms with E-state index in [1.54, 1.807) is 0 Å². The molecule has 26 heavy (non-hydrogen) atoms. The summed E-state index contributed by atoms with van der Waals surface area (Å²) in [5.74, 6) is -0.152. The summed E-state index contributed by atoms with van der Waals surface area (Å²) in [4.78, 5) is 24.1. The number of carbonyl (C=O) groups is 2. The van der Waals surface area contributed by atoms with E-state index in [-0.39, 0.29) is 34.4 Å². The smallest absolute Gasteiger partial charge is 0.336 e. The Kier molecular flexibility index (Phi) is 3.79. The molecule has 4 rings (SSSR count). The highest BCUT2D eigenvalue weighted by Crippen LogP contribution is 2.71. The van der Waals surface area contributed by atoms with E-state index < -0.39 is 11.5 Å². The van der Waals surface area contributed by atoms with Gasteiger partial charge in [0.2, 0.25) is 0 Å². The summed E-state index contributed by atoms with van der Waals surface area (Å²) in [6, 6.07) is 0. The van der Waals surface area contributed by atoms with Gasteiger partial charge in [-0.3, -0.25) is 0 Å². The number of aliphatic hydroxyl groups is 1. The second-order valence-electron chi connectivity index (χ2n) is 9.68.